The van der Waals surface area contributed by atoms with Crippen LogP contribution in [0.25, 0.3) is 0 Å². The van der Waals surface area contributed by atoms with Gasteiger partial charge in [0.15, 0.2) is 5.72 Å². The lowest BCUT2D eigenvalue weighted by molar-refractivity contribution is -0.162. The van der Waals surface area contributed by atoms with E-state index in [4.69, 9.17) is 49.5 Å². The lowest BCUT2D eigenvalue weighted by Gasteiger charge is -2.42. The zero-order chi connectivity index (χ0) is 60.3. The zero-order valence-corrected chi connectivity index (χ0v) is 50.4. The third-order valence-corrected chi connectivity index (χ3v) is 18.1. The number of ether oxygens (including phenoxy) is 8. The molecule has 2 aromatic rings. The first-order chi connectivity index (χ1) is 39.4. The highest BCUT2D eigenvalue weighted by Gasteiger charge is 2.64. The van der Waals surface area contributed by atoms with Gasteiger partial charge in [-0.2, -0.15) is 0 Å². The number of nitrogens with zero attached hydrogens (tertiary/aromatic N) is 3. The summed E-state index contributed by atoms with van der Waals surface area (Å²) in [7, 11) is 5.93. The van der Waals surface area contributed by atoms with E-state index in [2.05, 4.69) is 10.6 Å². The predicted molar refractivity (Wildman–Crippen MR) is 306 cm³/mol. The molecule has 4 bridgehead atoms. The second-order valence-corrected chi connectivity index (χ2v) is 24.3. The van der Waals surface area contributed by atoms with E-state index in [9.17, 15) is 43.5 Å². The number of hydrogen-bond acceptors (Lipinski definition) is 18. The molecule has 10 atom stereocenters. The fraction of sp³-hybridized carbons (Fsp3) is 0.627. The summed E-state index contributed by atoms with van der Waals surface area (Å²) >= 11 is 8.05. The fourth-order valence-corrected chi connectivity index (χ4v) is 12.6. The molecule has 1 unspecified atom stereocenters. The van der Waals surface area contributed by atoms with Crippen molar-refractivity contribution in [2.45, 2.75) is 146 Å². The molecule has 3 N–H and O–H groups in total. The maximum absolute atomic E-state index is 14.4. The number of hydrogen-bond donors (Lipinski definition) is 3. The van der Waals surface area contributed by atoms with E-state index < -0.39 is 83.0 Å². The number of esters is 1. The molecule has 83 heavy (non-hydrogen) atoms. The van der Waals surface area contributed by atoms with Gasteiger partial charge in [-0.1, -0.05) is 55.3 Å². The molecular formula is C59H80ClN5O17S. The number of halogens is 1. The number of likely N-dealkylation sites (N-methyl/N-ethyl adjacent to an activating group) is 1. The van der Waals surface area contributed by atoms with Crippen molar-refractivity contribution in [1.82, 2.24) is 20.4 Å². The van der Waals surface area contributed by atoms with E-state index in [1.165, 1.54) is 54.7 Å². The minimum atomic E-state index is -1.86. The smallest absolute Gasteiger partial charge is 0.495 e. The Labute approximate surface area is 494 Å². The minimum Gasteiger partial charge on any atom is -0.495 e. The summed E-state index contributed by atoms with van der Waals surface area (Å²) in [6, 6.07) is 9.45. The topological polar surface area (TPSA) is 268 Å². The molecule has 2 aromatic carbocycles. The number of fused-ring (bicyclic) bond motifs is 5. The van der Waals surface area contributed by atoms with Gasteiger partial charge in [0.2, 0.25) is 29.5 Å². The van der Waals surface area contributed by atoms with Crippen LogP contribution >= 0.6 is 23.4 Å². The number of anilines is 1. The molecule has 1 aliphatic carbocycles. The number of methoxy groups -OCH3 is 2. The summed E-state index contributed by atoms with van der Waals surface area (Å²) in [4.78, 5) is 111. The van der Waals surface area contributed by atoms with Gasteiger partial charge in [-0.05, 0) is 101 Å². The van der Waals surface area contributed by atoms with Gasteiger partial charge in [0.05, 0.1) is 43.8 Å². The van der Waals surface area contributed by atoms with Crippen molar-refractivity contribution in [2.24, 2.45) is 23.7 Å². The maximum Gasteiger partial charge on any atom is 0.513 e. The van der Waals surface area contributed by atoms with Crippen molar-refractivity contribution < 1.29 is 81.4 Å². The first-order valence-corrected chi connectivity index (χ1v) is 29.8. The number of nitrogens with one attached hydrogen (secondary N) is 2. The highest BCUT2D eigenvalue weighted by molar-refractivity contribution is 8.00. The van der Waals surface area contributed by atoms with Crippen LogP contribution in [0.2, 0.25) is 5.02 Å². The SMILES string of the molecule is COc1cc2cc(c1Cl)N(C)C(=O)C[C@H](OC(=O)[C@H](C)N(C)C(=O)CCS[C@H]1CC(=O)N(C[C@H]3CC[C@H](C(=O)NCCOCCOC(=O)Oc4ccc(C)cc4)CC3)C1=O)[C@]1(C)O[C@H]1[C@H](C)[C@@H]1C[C@@](O)(NC(=O)O1)[C@H](OC)/C=C/CC(C)C2. The number of imide groups is 1. The summed E-state index contributed by atoms with van der Waals surface area (Å²) in [5, 5.41) is 16.8. The Hall–Kier alpha value is -5.98. The number of rotatable bonds is 19. The second kappa shape index (κ2) is 28.7. The van der Waals surface area contributed by atoms with Gasteiger partial charge in [0, 0.05) is 71.1 Å². The van der Waals surface area contributed by atoms with E-state index >= 15 is 0 Å². The van der Waals surface area contributed by atoms with Crippen molar-refractivity contribution in [3.8, 4) is 11.5 Å². The van der Waals surface area contributed by atoms with Crippen molar-refractivity contribution in [2.75, 3.05) is 71.9 Å². The third-order valence-electron chi connectivity index (χ3n) is 16.5. The Balaban J connectivity index is 0.888. The normalized spacial score (nSPS) is 29.1. The number of alkyl carbamates (subject to hydrolysis) is 1. The summed E-state index contributed by atoms with van der Waals surface area (Å²) < 4.78 is 45.2. The van der Waals surface area contributed by atoms with Crippen LogP contribution in [0, 0.1) is 30.6 Å². The molecule has 0 aromatic heterocycles. The number of thioether (sulfide) groups is 1. The molecule has 1 saturated carbocycles. The van der Waals surface area contributed by atoms with Crippen LogP contribution in [0.5, 0.6) is 11.5 Å². The van der Waals surface area contributed by atoms with Crippen LogP contribution < -0.4 is 25.0 Å². The molecule has 24 heteroatoms. The highest BCUT2D eigenvalue weighted by Crippen LogP contribution is 2.49. The number of benzene rings is 2. The maximum atomic E-state index is 14.4. The van der Waals surface area contributed by atoms with Gasteiger partial charge in [-0.15, -0.1) is 11.8 Å². The summed E-state index contributed by atoms with van der Waals surface area (Å²) in [5.74, 6) is -2.22. The number of epoxide rings is 1. The average Bonchev–Trinajstić information content (AvgIpc) is 1.92. The van der Waals surface area contributed by atoms with Gasteiger partial charge < -0.3 is 58.1 Å². The summed E-state index contributed by atoms with van der Waals surface area (Å²) in [6.07, 6.45) is 1.19. The van der Waals surface area contributed by atoms with Gasteiger partial charge in [0.25, 0.3) is 0 Å². The number of aliphatic hydroxyl groups is 1. The molecule has 3 saturated heterocycles. The molecular weight excluding hydrogens is 1120 g/mol. The number of aryl methyl sites for hydroxylation is 1. The van der Waals surface area contributed by atoms with Crippen LogP contribution in [0.15, 0.2) is 48.6 Å². The Bertz CT molecular complexity index is 2710. The van der Waals surface area contributed by atoms with Gasteiger partial charge in [0.1, 0.15) is 53.1 Å². The van der Waals surface area contributed by atoms with Gasteiger partial charge in [-0.25, -0.2) is 14.4 Å². The fourth-order valence-electron chi connectivity index (χ4n) is 11.2. The van der Waals surface area contributed by atoms with E-state index in [1.807, 2.05) is 38.1 Å². The molecule has 6 amide bonds. The number of amides is 6. The summed E-state index contributed by atoms with van der Waals surface area (Å²) in [5.41, 5.74) is -0.936. The van der Waals surface area contributed by atoms with Crippen molar-refractivity contribution in [3.63, 3.8) is 0 Å². The number of carbonyl (C=O) groups excluding carboxylic acids is 8. The Morgan fingerprint density at radius 3 is 2.41 bits per heavy atom. The molecule has 5 aliphatic rings. The van der Waals surface area contributed by atoms with Crippen molar-refractivity contribution >= 4 is 76.8 Å². The van der Waals surface area contributed by atoms with E-state index in [0.717, 1.165) is 11.1 Å². The lowest BCUT2D eigenvalue weighted by Crippen LogP contribution is -2.63. The quantitative estimate of drug-likeness (QED) is 0.0265. The number of allylic oxidation sites excluding steroid dienone is 1. The molecule has 0 spiro atoms. The van der Waals surface area contributed by atoms with E-state index in [-0.39, 0.29) is 105 Å². The monoisotopic (exact) mass is 1200 g/mol. The predicted octanol–water partition coefficient (Wildman–Crippen LogP) is 6.31. The van der Waals surface area contributed by atoms with Crippen molar-refractivity contribution in [1.29, 1.82) is 0 Å². The average molecular weight is 1200 g/mol. The van der Waals surface area contributed by atoms with Gasteiger partial charge >= 0.3 is 18.2 Å². The largest absolute Gasteiger partial charge is 0.513 e. The standard InChI is InChI=1S/C59H80ClN5O17S/c1-34-13-19-41(20-14-34)79-57(73)78-25-24-77-23-22-61-53(69)40-17-15-38(16-18-40)33-65-50(68)30-45(54(65)70)83-26-21-48(66)63(6)37(4)55(71)81-47-31-49(67)64(7)42-28-39(29-43(75-8)51(42)60)27-35(2)11-10-12-46(76-9)59(74)32-44(80-56(72)62-59)36(3)52-58(47,5)82-52/h10,12-14,19-20,28-29,35-38,40,44-47,52,74H,11,15-18,21-27,30-33H2,1-9H3,(H,61,69)(H,62,72)/b12-10+/t35?,36-,37+,38-,40-,44+,45+,46-,47+,52+,58+,59+/m1/s1. The lowest BCUT2D eigenvalue weighted by atomic mass is 9.81. The second-order valence-electron chi connectivity index (χ2n) is 22.6. The highest BCUT2D eigenvalue weighted by atomic mass is 35.5. The van der Waals surface area contributed by atoms with Crippen molar-refractivity contribution in [3.05, 3.63) is 64.7 Å². The third kappa shape index (κ3) is 16.5. The van der Waals surface area contributed by atoms with Crippen LogP contribution in [0.3, 0.4) is 0 Å². The van der Waals surface area contributed by atoms with E-state index in [1.54, 1.807) is 45.2 Å². The van der Waals surface area contributed by atoms with E-state index in [0.29, 0.717) is 55.7 Å². The van der Waals surface area contributed by atoms with Crippen LogP contribution in [0.1, 0.15) is 96.6 Å². The number of carbonyl (C=O) groups is 8. The Morgan fingerprint density at radius 2 is 1.71 bits per heavy atom. The molecule has 22 nitrogen and oxygen atoms in total. The molecule has 4 heterocycles. The first-order valence-electron chi connectivity index (χ1n) is 28.3. The molecule has 456 valence electrons. The Morgan fingerprint density at radius 1 is 0.988 bits per heavy atom. The number of likely N-dealkylation sites (tertiary alicyclic amines) is 1. The molecule has 4 aliphatic heterocycles. The van der Waals surface area contributed by atoms with Crippen LogP contribution in [0.4, 0.5) is 15.3 Å². The summed E-state index contributed by atoms with van der Waals surface area (Å²) in [6.45, 7) is 9.81. The zero-order valence-electron chi connectivity index (χ0n) is 48.8. The molecule has 4 fully saturated rings. The van der Waals surface area contributed by atoms with Crippen LogP contribution in [-0.2, 0) is 63.6 Å². The first kappa shape index (κ1) is 64.6. The Kier molecular flexibility index (Phi) is 22.4. The molecule has 0 radical (unpaired) electrons. The van der Waals surface area contributed by atoms with Crippen LogP contribution in [-0.4, -0.2) is 177 Å². The molecule has 7 rings (SSSR count). The minimum absolute atomic E-state index is 0.00812. The van der Waals surface area contributed by atoms with Gasteiger partial charge in [-0.3, -0.25) is 34.2 Å².